The van der Waals surface area contributed by atoms with Crippen molar-refractivity contribution in [3.8, 4) is 0 Å². The fraction of sp³-hybridized carbons (Fsp3) is 0.522. The van der Waals surface area contributed by atoms with Crippen LogP contribution in [0.3, 0.4) is 0 Å². The average Bonchev–Trinajstić information content (AvgIpc) is 3.39. The molecule has 3 heterocycles. The number of aromatic nitrogens is 1. The maximum Gasteiger partial charge on any atom is 0.276 e. The number of hydrogen-bond acceptors (Lipinski definition) is 4. The zero-order valence-corrected chi connectivity index (χ0v) is 17.3. The molecule has 0 radical (unpaired) electrons. The smallest absolute Gasteiger partial charge is 0.276 e. The van der Waals surface area contributed by atoms with Crippen molar-refractivity contribution in [3.63, 3.8) is 0 Å². The van der Waals surface area contributed by atoms with Crippen molar-refractivity contribution < 1.29 is 14.0 Å². The summed E-state index contributed by atoms with van der Waals surface area (Å²) in [5, 5.41) is 0. The van der Waals surface area contributed by atoms with Gasteiger partial charge in [-0.25, -0.2) is 4.98 Å². The Morgan fingerprint density at radius 1 is 1.03 bits per heavy atom. The Kier molecular flexibility index (Phi) is 5.69. The van der Waals surface area contributed by atoms with E-state index in [4.69, 9.17) is 4.42 Å². The van der Waals surface area contributed by atoms with Crippen molar-refractivity contribution in [1.29, 1.82) is 0 Å². The summed E-state index contributed by atoms with van der Waals surface area (Å²) in [6, 6.07) is 8.04. The predicted octanol–water partition coefficient (Wildman–Crippen LogP) is 3.48. The number of amides is 2. The minimum absolute atomic E-state index is 0.0131. The molecule has 2 amide bonds. The summed E-state index contributed by atoms with van der Waals surface area (Å²) < 4.78 is 5.88. The molecule has 0 atom stereocenters. The van der Waals surface area contributed by atoms with Crippen LogP contribution in [0.25, 0.3) is 0 Å². The third-order valence-electron chi connectivity index (χ3n) is 6.21. The summed E-state index contributed by atoms with van der Waals surface area (Å²) in [5.74, 6) is 1.58. The van der Waals surface area contributed by atoms with Crippen molar-refractivity contribution in [2.45, 2.75) is 51.9 Å². The Morgan fingerprint density at radius 3 is 2.41 bits per heavy atom. The molecule has 2 saturated heterocycles. The van der Waals surface area contributed by atoms with Crippen molar-refractivity contribution in [2.24, 2.45) is 0 Å². The Morgan fingerprint density at radius 2 is 1.72 bits per heavy atom. The lowest BCUT2D eigenvalue weighted by Crippen LogP contribution is -2.39. The number of carbonyl (C=O) groups excluding carboxylic acids is 2. The van der Waals surface area contributed by atoms with Crippen LogP contribution in [0.5, 0.6) is 0 Å². The van der Waals surface area contributed by atoms with Gasteiger partial charge in [-0.2, -0.15) is 0 Å². The molecule has 0 spiro atoms. The zero-order valence-electron chi connectivity index (χ0n) is 17.3. The molecule has 2 aliphatic rings. The van der Waals surface area contributed by atoms with Crippen molar-refractivity contribution in [2.75, 3.05) is 26.2 Å². The van der Waals surface area contributed by atoms with E-state index in [1.165, 1.54) is 0 Å². The number of rotatable bonds is 4. The number of likely N-dealkylation sites (tertiary alicyclic amines) is 2. The molecule has 0 saturated carbocycles. The monoisotopic (exact) mass is 395 g/mol. The van der Waals surface area contributed by atoms with Crippen LogP contribution in [0.1, 0.15) is 64.9 Å². The van der Waals surface area contributed by atoms with E-state index in [1.807, 2.05) is 47.9 Å². The quantitative estimate of drug-likeness (QED) is 0.795. The zero-order chi connectivity index (χ0) is 20.4. The summed E-state index contributed by atoms with van der Waals surface area (Å²) in [7, 11) is 0. The van der Waals surface area contributed by atoms with Gasteiger partial charge in [-0.3, -0.25) is 9.59 Å². The average molecular weight is 396 g/mol. The van der Waals surface area contributed by atoms with E-state index in [0.29, 0.717) is 36.9 Å². The normalized spacial score (nSPS) is 17.7. The van der Waals surface area contributed by atoms with Gasteiger partial charge in [0.05, 0.1) is 6.42 Å². The van der Waals surface area contributed by atoms with E-state index in [2.05, 4.69) is 4.98 Å². The van der Waals surface area contributed by atoms with E-state index in [1.54, 1.807) is 0 Å². The van der Waals surface area contributed by atoms with E-state index >= 15 is 0 Å². The van der Waals surface area contributed by atoms with Crippen molar-refractivity contribution in [1.82, 2.24) is 14.8 Å². The van der Waals surface area contributed by atoms with Gasteiger partial charge in [0.25, 0.3) is 5.91 Å². The number of benzene rings is 1. The molecule has 1 aromatic carbocycles. The second kappa shape index (κ2) is 8.39. The molecule has 1 aromatic heterocycles. The summed E-state index contributed by atoms with van der Waals surface area (Å²) >= 11 is 0. The van der Waals surface area contributed by atoms with Crippen LogP contribution in [0, 0.1) is 13.8 Å². The van der Waals surface area contributed by atoms with Crippen molar-refractivity contribution >= 4 is 11.8 Å². The van der Waals surface area contributed by atoms with Gasteiger partial charge in [-0.05, 0) is 50.7 Å². The van der Waals surface area contributed by atoms with Gasteiger partial charge >= 0.3 is 0 Å². The second-order valence-electron chi connectivity index (χ2n) is 8.21. The summed E-state index contributed by atoms with van der Waals surface area (Å²) in [6.45, 7) is 6.88. The largest absolute Gasteiger partial charge is 0.445 e. The highest BCUT2D eigenvalue weighted by atomic mass is 16.4. The lowest BCUT2D eigenvalue weighted by Gasteiger charge is -2.31. The van der Waals surface area contributed by atoms with Gasteiger partial charge < -0.3 is 14.2 Å². The van der Waals surface area contributed by atoms with Crippen LogP contribution in [-0.2, 0) is 11.2 Å². The van der Waals surface area contributed by atoms with Gasteiger partial charge in [0.2, 0.25) is 5.91 Å². The summed E-state index contributed by atoms with van der Waals surface area (Å²) in [4.78, 5) is 33.7. The Labute approximate surface area is 171 Å². The molecule has 4 rings (SSSR count). The number of carbonyl (C=O) groups is 2. The highest BCUT2D eigenvalue weighted by Crippen LogP contribution is 2.30. The van der Waals surface area contributed by atoms with Gasteiger partial charge in [0.1, 0.15) is 5.76 Å². The van der Waals surface area contributed by atoms with E-state index in [0.717, 1.165) is 49.9 Å². The molecule has 0 aliphatic carbocycles. The Balaban J connectivity index is 1.36. The minimum atomic E-state index is -0.0131. The molecule has 6 heteroatoms. The number of piperidine rings is 1. The number of oxazole rings is 1. The third kappa shape index (κ3) is 4.21. The molecule has 0 bridgehead atoms. The first-order valence-corrected chi connectivity index (χ1v) is 10.6. The van der Waals surface area contributed by atoms with Crippen LogP contribution < -0.4 is 0 Å². The topological polar surface area (TPSA) is 66.7 Å². The van der Waals surface area contributed by atoms with Gasteiger partial charge in [-0.15, -0.1) is 0 Å². The molecule has 2 fully saturated rings. The van der Waals surface area contributed by atoms with Crippen molar-refractivity contribution in [3.05, 3.63) is 52.7 Å². The first-order chi connectivity index (χ1) is 14.0. The Bertz CT molecular complexity index is 891. The van der Waals surface area contributed by atoms with Crippen LogP contribution in [-0.4, -0.2) is 52.8 Å². The van der Waals surface area contributed by atoms with Crippen LogP contribution in [0.4, 0.5) is 0 Å². The minimum Gasteiger partial charge on any atom is -0.445 e. The molecule has 0 unspecified atom stereocenters. The highest BCUT2D eigenvalue weighted by molar-refractivity contribution is 5.93. The van der Waals surface area contributed by atoms with Crippen LogP contribution in [0.2, 0.25) is 0 Å². The first kappa shape index (κ1) is 19.7. The number of nitrogens with zero attached hydrogens (tertiary/aromatic N) is 3. The van der Waals surface area contributed by atoms with Crippen LogP contribution >= 0.6 is 0 Å². The molecule has 2 aromatic rings. The van der Waals surface area contributed by atoms with E-state index in [9.17, 15) is 9.59 Å². The van der Waals surface area contributed by atoms with Gasteiger partial charge in [0.15, 0.2) is 11.6 Å². The lowest BCUT2D eigenvalue weighted by molar-refractivity contribution is -0.131. The summed E-state index contributed by atoms with van der Waals surface area (Å²) in [5.41, 5.74) is 2.70. The summed E-state index contributed by atoms with van der Waals surface area (Å²) in [6.07, 6.45) is 4.20. The maximum atomic E-state index is 12.7. The maximum absolute atomic E-state index is 12.7. The number of aryl methyl sites for hydroxylation is 2. The van der Waals surface area contributed by atoms with E-state index < -0.39 is 0 Å². The number of hydrogen-bond donors (Lipinski definition) is 0. The van der Waals surface area contributed by atoms with Gasteiger partial charge in [-0.1, -0.05) is 24.3 Å². The predicted molar refractivity (Wildman–Crippen MR) is 110 cm³/mol. The highest BCUT2D eigenvalue weighted by Gasteiger charge is 2.30. The second-order valence-corrected chi connectivity index (χ2v) is 8.21. The fourth-order valence-corrected chi connectivity index (χ4v) is 4.32. The Hall–Kier alpha value is -2.63. The third-order valence-corrected chi connectivity index (χ3v) is 6.21. The molecule has 29 heavy (non-hydrogen) atoms. The van der Waals surface area contributed by atoms with E-state index in [-0.39, 0.29) is 17.7 Å². The standard InChI is InChI=1S/C23H29N3O3/c1-16-7-3-4-8-19(16)15-20(27)25-13-9-18(10-14-25)22-24-21(17(2)29-22)23(28)26-11-5-6-12-26/h3-4,7-8,18H,5-6,9-15H2,1-2H3. The lowest BCUT2D eigenvalue weighted by atomic mass is 9.96. The first-order valence-electron chi connectivity index (χ1n) is 10.6. The fourth-order valence-electron chi connectivity index (χ4n) is 4.32. The van der Waals surface area contributed by atoms with Gasteiger partial charge in [0, 0.05) is 32.1 Å². The molecule has 6 nitrogen and oxygen atoms in total. The molecular weight excluding hydrogens is 366 g/mol. The van der Waals surface area contributed by atoms with Crippen LogP contribution in [0.15, 0.2) is 28.7 Å². The molecule has 0 N–H and O–H groups in total. The molecule has 2 aliphatic heterocycles. The SMILES string of the molecule is Cc1ccccc1CC(=O)N1CCC(c2nc(C(=O)N3CCCC3)c(C)o2)CC1. The molecule has 154 valence electrons. The molecular formula is C23H29N3O3.